The first-order chi connectivity index (χ1) is 28.5. The predicted molar refractivity (Wildman–Crippen MR) is 243 cm³/mol. The van der Waals surface area contributed by atoms with E-state index < -0.39 is 0 Å². The predicted octanol–water partition coefficient (Wildman–Crippen LogP) is 14.8. The third kappa shape index (κ3) is 4.94. The van der Waals surface area contributed by atoms with Crippen LogP contribution in [0.25, 0.3) is 66.4 Å². The second-order valence-electron chi connectivity index (χ2n) is 17.2. The van der Waals surface area contributed by atoms with E-state index in [-0.39, 0.29) is 11.3 Å². The maximum Gasteiger partial charge on any atom is 0.0340 e. The van der Waals surface area contributed by atoms with Gasteiger partial charge in [-0.2, -0.15) is 0 Å². The molecule has 0 N–H and O–H groups in total. The molecule has 12 rings (SSSR count). The van der Waals surface area contributed by atoms with E-state index in [0.717, 1.165) is 12.8 Å². The highest BCUT2D eigenvalue weighted by Gasteiger charge is 2.36. The molecular formula is C58H42. The second kappa shape index (κ2) is 12.6. The fraction of sp³-hybridized carbons (Fsp3) is 0.103. The Hall–Kier alpha value is -6.76. The van der Waals surface area contributed by atoms with Gasteiger partial charge in [0.2, 0.25) is 0 Å². The Morgan fingerprint density at radius 1 is 0.379 bits per heavy atom. The molecule has 0 bridgehead atoms. The monoisotopic (exact) mass is 738 g/mol. The van der Waals surface area contributed by atoms with Crippen LogP contribution in [0.1, 0.15) is 69.8 Å². The van der Waals surface area contributed by atoms with Crippen LogP contribution < -0.4 is 0 Å². The molecule has 1 unspecified atom stereocenters. The fourth-order valence-electron chi connectivity index (χ4n) is 10.9. The van der Waals surface area contributed by atoms with Crippen molar-refractivity contribution in [3.63, 3.8) is 0 Å². The molecule has 9 aromatic carbocycles. The van der Waals surface area contributed by atoms with Crippen LogP contribution in [0.3, 0.4) is 0 Å². The second-order valence-corrected chi connectivity index (χ2v) is 17.2. The number of hydrogen-bond donors (Lipinski definition) is 0. The van der Waals surface area contributed by atoms with Crippen LogP contribution >= 0.6 is 0 Å². The maximum atomic E-state index is 2.54. The molecule has 274 valence electrons. The summed E-state index contributed by atoms with van der Waals surface area (Å²) in [4.78, 5) is 0. The van der Waals surface area contributed by atoms with E-state index in [1.165, 1.54) is 116 Å². The summed E-state index contributed by atoms with van der Waals surface area (Å²) >= 11 is 0. The number of benzene rings is 9. The van der Waals surface area contributed by atoms with E-state index in [9.17, 15) is 0 Å². The van der Waals surface area contributed by atoms with Crippen molar-refractivity contribution in [2.75, 3.05) is 0 Å². The van der Waals surface area contributed by atoms with Gasteiger partial charge in [-0.3, -0.25) is 0 Å². The van der Waals surface area contributed by atoms with Crippen molar-refractivity contribution in [2.45, 2.75) is 38.0 Å². The molecule has 0 heteroatoms. The molecular weight excluding hydrogens is 697 g/mol. The lowest BCUT2D eigenvalue weighted by molar-refractivity contribution is 0.659. The molecule has 0 amide bonds. The van der Waals surface area contributed by atoms with E-state index in [0.29, 0.717) is 0 Å². The van der Waals surface area contributed by atoms with Crippen LogP contribution in [0.5, 0.6) is 0 Å². The van der Waals surface area contributed by atoms with Crippen molar-refractivity contribution in [3.05, 3.63) is 238 Å². The molecule has 0 saturated heterocycles. The zero-order chi connectivity index (χ0) is 38.5. The van der Waals surface area contributed by atoms with Crippen molar-refractivity contribution >= 4 is 10.8 Å². The van der Waals surface area contributed by atoms with Crippen molar-refractivity contribution < 1.29 is 0 Å². The van der Waals surface area contributed by atoms with Gasteiger partial charge in [0.1, 0.15) is 0 Å². The molecule has 0 saturated carbocycles. The van der Waals surface area contributed by atoms with E-state index in [2.05, 4.69) is 202 Å². The third-order valence-electron chi connectivity index (χ3n) is 13.7. The lowest BCUT2D eigenvalue weighted by atomic mass is 9.78. The Morgan fingerprint density at radius 2 is 0.983 bits per heavy atom. The summed E-state index contributed by atoms with van der Waals surface area (Å²) in [6.45, 7) is 4.78. The number of hydrogen-bond acceptors (Lipinski definition) is 0. The minimum absolute atomic E-state index is 0.0688. The summed E-state index contributed by atoms with van der Waals surface area (Å²) in [6.07, 6.45) is 1.89. The summed E-state index contributed by atoms with van der Waals surface area (Å²) in [5, 5.41) is 2.65. The van der Waals surface area contributed by atoms with Crippen LogP contribution in [0.15, 0.2) is 188 Å². The Kier molecular flexibility index (Phi) is 7.27. The van der Waals surface area contributed by atoms with Gasteiger partial charge in [0.15, 0.2) is 0 Å². The van der Waals surface area contributed by atoms with Crippen molar-refractivity contribution in [2.24, 2.45) is 0 Å². The molecule has 0 aromatic heterocycles. The van der Waals surface area contributed by atoms with Crippen LogP contribution in [0.2, 0.25) is 0 Å². The normalized spacial score (nSPS) is 14.3. The van der Waals surface area contributed by atoms with Gasteiger partial charge in [0.05, 0.1) is 0 Å². The Balaban J connectivity index is 1.01. The average molecular weight is 739 g/mol. The summed E-state index contributed by atoms with van der Waals surface area (Å²) in [6, 6.07) is 71.2. The third-order valence-corrected chi connectivity index (χ3v) is 13.7. The largest absolute Gasteiger partial charge is 0.0622 e. The fourth-order valence-corrected chi connectivity index (χ4v) is 10.9. The Labute approximate surface area is 341 Å². The summed E-state index contributed by atoms with van der Waals surface area (Å²) < 4.78 is 0. The molecule has 0 nitrogen and oxygen atoms in total. The first kappa shape index (κ1) is 33.4. The Morgan fingerprint density at radius 3 is 1.84 bits per heavy atom. The first-order valence-corrected chi connectivity index (χ1v) is 20.8. The van der Waals surface area contributed by atoms with Crippen LogP contribution in [-0.2, 0) is 18.3 Å². The van der Waals surface area contributed by atoms with Crippen LogP contribution in [0.4, 0.5) is 0 Å². The number of rotatable bonds is 5. The van der Waals surface area contributed by atoms with E-state index in [1.54, 1.807) is 0 Å². The molecule has 58 heavy (non-hydrogen) atoms. The smallest absolute Gasteiger partial charge is 0.0340 e. The molecule has 9 aromatic rings. The van der Waals surface area contributed by atoms with Gasteiger partial charge in [-0.1, -0.05) is 196 Å². The van der Waals surface area contributed by atoms with Crippen molar-refractivity contribution in [3.8, 4) is 55.6 Å². The van der Waals surface area contributed by atoms with Gasteiger partial charge in [-0.05, 0) is 135 Å². The first-order valence-electron chi connectivity index (χ1n) is 20.8. The molecule has 3 aliphatic carbocycles. The van der Waals surface area contributed by atoms with E-state index in [4.69, 9.17) is 0 Å². The van der Waals surface area contributed by atoms with Gasteiger partial charge in [0, 0.05) is 11.3 Å². The Bertz CT molecular complexity index is 3120. The van der Waals surface area contributed by atoms with E-state index in [1.807, 2.05) is 0 Å². The lowest BCUT2D eigenvalue weighted by Crippen LogP contribution is -2.15. The maximum absolute atomic E-state index is 2.54. The lowest BCUT2D eigenvalue weighted by Gasteiger charge is -2.25. The number of fused-ring (bicyclic) bond motifs is 10. The molecule has 0 heterocycles. The molecule has 3 aliphatic rings. The van der Waals surface area contributed by atoms with Crippen molar-refractivity contribution in [1.29, 1.82) is 0 Å². The topological polar surface area (TPSA) is 0 Å². The summed E-state index contributed by atoms with van der Waals surface area (Å²) in [5.41, 5.74) is 26.0. The van der Waals surface area contributed by atoms with Crippen LogP contribution in [-0.4, -0.2) is 0 Å². The van der Waals surface area contributed by atoms with Gasteiger partial charge >= 0.3 is 0 Å². The molecule has 0 aliphatic heterocycles. The quantitative estimate of drug-likeness (QED) is 0.154. The minimum Gasteiger partial charge on any atom is -0.0622 e. The highest BCUT2D eigenvalue weighted by molar-refractivity contribution is 6.06. The van der Waals surface area contributed by atoms with E-state index >= 15 is 0 Å². The minimum atomic E-state index is -0.0688. The molecule has 0 fully saturated rings. The molecule has 0 radical (unpaired) electrons. The molecule has 1 atom stereocenters. The standard InChI is InChI=1S/C58H42/c1-58(2)54-22-11-10-19-48(54)49-30-28-42(35-55(49)58)56(38-25-23-37(24-26-38)36-13-4-3-5-14-36)41-27-29-45-43(31-41)34-53-51(45)33-40-16-7-9-18-46(40)57(53)50-21-12-20-47-44-17-8-6-15-39(44)32-52(47)50/h3-31,33,35,56H,32,34H2,1-2H3. The van der Waals surface area contributed by atoms with Crippen molar-refractivity contribution in [1.82, 2.24) is 0 Å². The zero-order valence-electron chi connectivity index (χ0n) is 32.9. The highest BCUT2D eigenvalue weighted by Crippen LogP contribution is 2.52. The zero-order valence-corrected chi connectivity index (χ0v) is 32.9. The van der Waals surface area contributed by atoms with Gasteiger partial charge in [0.25, 0.3) is 0 Å². The van der Waals surface area contributed by atoms with Gasteiger partial charge < -0.3 is 0 Å². The summed E-state index contributed by atoms with van der Waals surface area (Å²) in [5.74, 6) is 0.0816. The van der Waals surface area contributed by atoms with Gasteiger partial charge in [-0.25, -0.2) is 0 Å². The SMILES string of the molecule is CC1(C)c2ccccc2-c2ccc(C(c3ccc(-c4ccccc4)cc3)c3ccc4c(c3)Cc3c-4cc4ccccc4c3-c3cccc4c3Cc3ccccc3-4)cc21. The summed E-state index contributed by atoms with van der Waals surface area (Å²) in [7, 11) is 0. The van der Waals surface area contributed by atoms with Crippen LogP contribution in [0, 0.1) is 0 Å². The average Bonchev–Trinajstić information content (AvgIpc) is 3.91. The molecule has 0 spiro atoms. The van der Waals surface area contributed by atoms with Gasteiger partial charge in [-0.15, -0.1) is 0 Å². The highest BCUT2D eigenvalue weighted by atomic mass is 14.4.